The highest BCUT2D eigenvalue weighted by atomic mass is 19.3. The van der Waals surface area contributed by atoms with Crippen LogP contribution in [-0.2, 0) is 4.79 Å². The van der Waals surface area contributed by atoms with Gasteiger partial charge in [0.15, 0.2) is 0 Å². The van der Waals surface area contributed by atoms with Crippen LogP contribution in [-0.4, -0.2) is 40.1 Å². The molecule has 0 radical (unpaired) electrons. The second-order valence-corrected chi connectivity index (χ2v) is 4.49. The molecule has 1 atom stereocenters. The van der Waals surface area contributed by atoms with Gasteiger partial charge in [0.1, 0.15) is 5.60 Å². The maximum atomic E-state index is 13.1. The van der Waals surface area contributed by atoms with Gasteiger partial charge in [-0.15, -0.1) is 0 Å². The highest BCUT2D eigenvalue weighted by Gasteiger charge is 2.55. The molecule has 0 aliphatic heterocycles. The molecule has 18 heavy (non-hydrogen) atoms. The number of amidine groups is 1. The van der Waals surface area contributed by atoms with Crippen molar-refractivity contribution in [2.75, 3.05) is 6.54 Å². The molecular formula is C11H20F2N2O3. The fourth-order valence-electron chi connectivity index (χ4n) is 1.40. The molecule has 0 aromatic heterocycles. The van der Waals surface area contributed by atoms with Crippen molar-refractivity contribution in [3.63, 3.8) is 0 Å². The average molecular weight is 266 g/mol. The second-order valence-electron chi connectivity index (χ2n) is 4.49. The van der Waals surface area contributed by atoms with Crippen LogP contribution in [0.5, 0.6) is 0 Å². The summed E-state index contributed by atoms with van der Waals surface area (Å²) >= 11 is 0. The van der Waals surface area contributed by atoms with Crippen LogP contribution in [0.25, 0.3) is 0 Å². The highest BCUT2D eigenvalue weighted by Crippen LogP contribution is 2.33. The van der Waals surface area contributed by atoms with Crippen molar-refractivity contribution in [2.24, 2.45) is 10.7 Å². The third-order valence-corrected chi connectivity index (χ3v) is 2.63. The van der Waals surface area contributed by atoms with Crippen molar-refractivity contribution < 1.29 is 23.8 Å². The number of nitrogens with two attached hydrogens (primary N) is 1. The molecule has 0 bridgehead atoms. The van der Waals surface area contributed by atoms with Crippen LogP contribution in [0, 0.1) is 0 Å². The zero-order valence-electron chi connectivity index (χ0n) is 10.6. The van der Waals surface area contributed by atoms with E-state index in [0.717, 1.165) is 6.92 Å². The minimum absolute atomic E-state index is 0.280. The lowest BCUT2D eigenvalue weighted by molar-refractivity contribution is -0.205. The Morgan fingerprint density at radius 3 is 2.33 bits per heavy atom. The summed E-state index contributed by atoms with van der Waals surface area (Å²) in [6, 6.07) is 0. The van der Waals surface area contributed by atoms with Crippen molar-refractivity contribution in [3.05, 3.63) is 0 Å². The Hall–Kier alpha value is -1.24. The number of hydrogen-bond acceptors (Lipinski definition) is 3. The van der Waals surface area contributed by atoms with E-state index in [0.29, 0.717) is 31.6 Å². The van der Waals surface area contributed by atoms with Crippen LogP contribution >= 0.6 is 0 Å². The lowest BCUT2D eigenvalue weighted by Gasteiger charge is -2.29. The Bertz CT molecular complexity index is 313. The average Bonchev–Trinajstić information content (AvgIpc) is 2.22. The monoisotopic (exact) mass is 266 g/mol. The van der Waals surface area contributed by atoms with E-state index in [1.165, 1.54) is 0 Å². The topological polar surface area (TPSA) is 95.9 Å². The molecule has 0 aliphatic carbocycles. The second kappa shape index (κ2) is 6.63. The molecule has 106 valence electrons. The van der Waals surface area contributed by atoms with Gasteiger partial charge in [-0.3, -0.25) is 4.99 Å². The summed E-state index contributed by atoms with van der Waals surface area (Å²) in [5.74, 6) is -5.99. The SMILES string of the molecule is CC(N)=NCCCCCC(C)(O)C(F)(F)C(=O)O. The largest absolute Gasteiger partial charge is 0.477 e. The third kappa shape index (κ3) is 4.95. The Morgan fingerprint density at radius 2 is 1.89 bits per heavy atom. The maximum absolute atomic E-state index is 13.1. The fourth-order valence-corrected chi connectivity index (χ4v) is 1.40. The first-order valence-corrected chi connectivity index (χ1v) is 5.71. The lowest BCUT2D eigenvalue weighted by atomic mass is 9.91. The molecule has 0 saturated heterocycles. The first-order chi connectivity index (χ1) is 8.11. The quantitative estimate of drug-likeness (QED) is 0.351. The van der Waals surface area contributed by atoms with Gasteiger partial charge in [0, 0.05) is 6.54 Å². The Kier molecular flexibility index (Phi) is 6.17. The molecule has 7 heteroatoms. The van der Waals surface area contributed by atoms with Gasteiger partial charge in [0.25, 0.3) is 0 Å². The van der Waals surface area contributed by atoms with Gasteiger partial charge in [0.2, 0.25) is 0 Å². The molecule has 0 heterocycles. The van der Waals surface area contributed by atoms with Crippen LogP contribution < -0.4 is 5.73 Å². The van der Waals surface area contributed by atoms with E-state index < -0.39 is 17.5 Å². The fraction of sp³-hybridized carbons (Fsp3) is 0.818. The minimum atomic E-state index is -4.14. The zero-order chi connectivity index (χ0) is 14.4. The van der Waals surface area contributed by atoms with Crippen LogP contribution in [0.2, 0.25) is 0 Å². The zero-order valence-corrected chi connectivity index (χ0v) is 10.6. The van der Waals surface area contributed by atoms with Crippen LogP contribution in [0.4, 0.5) is 8.78 Å². The van der Waals surface area contributed by atoms with Gasteiger partial charge in [-0.05, 0) is 26.7 Å². The minimum Gasteiger partial charge on any atom is -0.477 e. The van der Waals surface area contributed by atoms with Gasteiger partial charge in [-0.25, -0.2) is 4.79 Å². The smallest absolute Gasteiger partial charge is 0.377 e. The summed E-state index contributed by atoms with van der Waals surface area (Å²) in [6.45, 7) is 2.99. The molecular weight excluding hydrogens is 246 g/mol. The third-order valence-electron chi connectivity index (χ3n) is 2.63. The summed E-state index contributed by atoms with van der Waals surface area (Å²) in [5.41, 5.74) is 2.78. The van der Waals surface area contributed by atoms with Crippen LogP contribution in [0.1, 0.15) is 39.5 Å². The Labute approximate surface area is 105 Å². The Balaban J connectivity index is 4.06. The molecule has 1 unspecified atom stereocenters. The number of unbranched alkanes of at least 4 members (excludes halogenated alkanes) is 2. The van der Waals surface area contributed by atoms with Gasteiger partial charge in [-0.2, -0.15) is 8.78 Å². The van der Waals surface area contributed by atoms with Crippen molar-refractivity contribution in [3.8, 4) is 0 Å². The van der Waals surface area contributed by atoms with Crippen molar-refractivity contribution >= 4 is 11.8 Å². The highest BCUT2D eigenvalue weighted by molar-refractivity contribution is 5.77. The number of aliphatic carboxylic acids is 1. The number of carbonyl (C=O) groups is 1. The standard InChI is InChI=1S/C11H20F2N2O3/c1-8(14)15-7-5-3-4-6-10(2,18)11(12,13)9(16)17/h18H,3-7H2,1-2H3,(H2,14,15)(H,16,17). The first-order valence-electron chi connectivity index (χ1n) is 5.71. The molecule has 0 aromatic carbocycles. The first kappa shape index (κ1) is 16.8. The molecule has 0 amide bonds. The van der Waals surface area contributed by atoms with Crippen LogP contribution in [0.3, 0.4) is 0 Å². The van der Waals surface area contributed by atoms with Gasteiger partial charge in [0.05, 0.1) is 5.84 Å². The van der Waals surface area contributed by atoms with E-state index in [-0.39, 0.29) is 6.42 Å². The van der Waals surface area contributed by atoms with E-state index in [9.17, 15) is 18.7 Å². The Morgan fingerprint density at radius 1 is 1.33 bits per heavy atom. The van der Waals surface area contributed by atoms with E-state index in [1.807, 2.05) is 0 Å². The summed E-state index contributed by atoms with van der Waals surface area (Å²) < 4.78 is 26.2. The summed E-state index contributed by atoms with van der Waals surface area (Å²) in [7, 11) is 0. The predicted molar refractivity (Wildman–Crippen MR) is 63.8 cm³/mol. The molecule has 0 saturated carbocycles. The van der Waals surface area contributed by atoms with E-state index in [1.54, 1.807) is 6.92 Å². The van der Waals surface area contributed by atoms with E-state index in [2.05, 4.69) is 4.99 Å². The number of hydrogen-bond donors (Lipinski definition) is 3. The molecule has 0 aliphatic rings. The van der Waals surface area contributed by atoms with Gasteiger partial charge >= 0.3 is 11.9 Å². The number of halogens is 2. The van der Waals surface area contributed by atoms with Crippen molar-refractivity contribution in [1.82, 2.24) is 0 Å². The van der Waals surface area contributed by atoms with E-state index >= 15 is 0 Å². The molecule has 5 nitrogen and oxygen atoms in total. The molecule has 0 rings (SSSR count). The summed E-state index contributed by atoms with van der Waals surface area (Å²) in [6.07, 6.45) is 1.25. The maximum Gasteiger partial charge on any atom is 0.377 e. The molecule has 0 fully saturated rings. The number of nitrogens with zero attached hydrogens (tertiary/aromatic N) is 1. The normalized spacial score (nSPS) is 16.4. The predicted octanol–water partition coefficient (Wildman–Crippen LogP) is 1.39. The van der Waals surface area contributed by atoms with Gasteiger partial charge < -0.3 is 15.9 Å². The summed E-state index contributed by atoms with van der Waals surface area (Å²) in [4.78, 5) is 14.3. The lowest BCUT2D eigenvalue weighted by Crippen LogP contribution is -2.51. The number of alkyl halides is 2. The van der Waals surface area contributed by atoms with Crippen molar-refractivity contribution in [2.45, 2.75) is 51.1 Å². The number of rotatable bonds is 8. The number of carboxylic acid groups (broad SMARTS) is 1. The summed E-state index contributed by atoms with van der Waals surface area (Å²) in [5, 5.41) is 17.8. The number of carboxylic acids is 1. The number of aliphatic imine (C=N–C) groups is 1. The molecule has 4 N–H and O–H groups in total. The number of aliphatic hydroxyl groups is 1. The van der Waals surface area contributed by atoms with Gasteiger partial charge in [-0.1, -0.05) is 12.8 Å². The van der Waals surface area contributed by atoms with E-state index in [4.69, 9.17) is 10.8 Å². The molecule has 0 aromatic rings. The van der Waals surface area contributed by atoms with Crippen molar-refractivity contribution in [1.29, 1.82) is 0 Å². The molecule has 0 spiro atoms. The van der Waals surface area contributed by atoms with Crippen LogP contribution in [0.15, 0.2) is 4.99 Å².